The lowest BCUT2D eigenvalue weighted by Gasteiger charge is -1.94. The third kappa shape index (κ3) is 1.68. The second kappa shape index (κ2) is 3.90. The van der Waals surface area contributed by atoms with Gasteiger partial charge in [0.05, 0.1) is 5.52 Å². The van der Waals surface area contributed by atoms with Crippen LogP contribution in [0.3, 0.4) is 0 Å². The first-order chi connectivity index (χ1) is 7.33. The van der Waals surface area contributed by atoms with Crippen molar-refractivity contribution in [2.24, 2.45) is 0 Å². The van der Waals surface area contributed by atoms with E-state index in [0.29, 0.717) is 5.58 Å². The van der Waals surface area contributed by atoms with E-state index in [0.717, 1.165) is 18.6 Å². The number of benzene rings is 1. The van der Waals surface area contributed by atoms with Crippen LogP contribution in [0.2, 0.25) is 0 Å². The normalized spacial score (nSPS) is 13.5. The van der Waals surface area contributed by atoms with Crippen molar-refractivity contribution in [3.05, 3.63) is 33.8 Å². The zero-order chi connectivity index (χ0) is 10.8. The molecule has 15 heavy (non-hydrogen) atoms. The molecule has 0 atom stereocenters. The summed E-state index contributed by atoms with van der Waals surface area (Å²) in [6, 6.07) is 3.89. The first kappa shape index (κ1) is 9.98. The summed E-state index contributed by atoms with van der Waals surface area (Å²) in [5, 5.41) is 3.23. The molecule has 0 amide bonds. The molecular weight excluding hydrogens is 192 g/mol. The monoisotopic (exact) mass is 206 g/mol. The van der Waals surface area contributed by atoms with Gasteiger partial charge < -0.3 is 9.73 Å². The lowest BCUT2D eigenvalue weighted by Crippen LogP contribution is -2.00. The number of aromatic nitrogens is 1. The predicted octanol–water partition coefficient (Wildman–Crippen LogP) is 1.75. The molecule has 0 aliphatic carbocycles. The molecule has 1 aliphatic rings. The van der Waals surface area contributed by atoms with Gasteiger partial charge >= 0.3 is 5.76 Å². The number of H-pyrrole nitrogens is 1. The first-order valence-electron chi connectivity index (χ1n) is 5.18. The van der Waals surface area contributed by atoms with E-state index in [1.54, 1.807) is 0 Å². The molecule has 3 rings (SSSR count). The fraction of sp³-hybridized carbons (Fsp3) is 0.364. The van der Waals surface area contributed by atoms with E-state index in [1.165, 1.54) is 11.1 Å². The summed E-state index contributed by atoms with van der Waals surface area (Å²) >= 11 is 0. The second-order valence-electron chi connectivity index (χ2n) is 3.24. The van der Waals surface area contributed by atoms with Gasteiger partial charge in [0.25, 0.3) is 0 Å². The van der Waals surface area contributed by atoms with Crippen LogP contribution in [0.25, 0.3) is 11.1 Å². The summed E-state index contributed by atoms with van der Waals surface area (Å²) in [6.45, 7) is 5.73. The molecule has 0 saturated carbocycles. The van der Waals surface area contributed by atoms with Gasteiger partial charge in [-0.1, -0.05) is 13.8 Å². The Kier molecular flexibility index (Phi) is 2.60. The standard InChI is InChI=1S/C9H8N2O2.C2H6/c12-9-11-7-1-5-3-10-4-6(5)2-8(7)13-9;1-2/h1-2,10H,3-4H2,(H,11,12);1-2H3. The molecule has 1 aromatic carbocycles. The minimum Gasteiger partial charge on any atom is -0.408 e. The summed E-state index contributed by atoms with van der Waals surface area (Å²) in [6.07, 6.45) is 0. The van der Waals surface area contributed by atoms with Crippen LogP contribution in [0.15, 0.2) is 21.3 Å². The highest BCUT2D eigenvalue weighted by atomic mass is 16.4. The van der Waals surface area contributed by atoms with Crippen molar-refractivity contribution in [1.29, 1.82) is 0 Å². The van der Waals surface area contributed by atoms with Gasteiger partial charge in [0.2, 0.25) is 0 Å². The second-order valence-corrected chi connectivity index (χ2v) is 3.24. The van der Waals surface area contributed by atoms with Crippen LogP contribution in [-0.2, 0) is 13.1 Å². The van der Waals surface area contributed by atoms with Crippen LogP contribution in [0.4, 0.5) is 0 Å². The highest BCUT2D eigenvalue weighted by molar-refractivity contribution is 5.74. The SMILES string of the molecule is CC.O=c1[nH]c2cc3c(cc2o1)CNC3. The Labute approximate surface area is 87.3 Å². The van der Waals surface area contributed by atoms with E-state index in [9.17, 15) is 4.79 Å². The zero-order valence-electron chi connectivity index (χ0n) is 8.89. The topological polar surface area (TPSA) is 58.0 Å². The Hall–Kier alpha value is -1.55. The van der Waals surface area contributed by atoms with Gasteiger partial charge in [-0.25, -0.2) is 4.79 Å². The lowest BCUT2D eigenvalue weighted by molar-refractivity contribution is 0.555. The van der Waals surface area contributed by atoms with E-state index in [2.05, 4.69) is 10.3 Å². The van der Waals surface area contributed by atoms with Gasteiger partial charge in [0.1, 0.15) is 0 Å². The Balaban J connectivity index is 0.000000404. The van der Waals surface area contributed by atoms with E-state index >= 15 is 0 Å². The molecule has 4 heteroatoms. The molecule has 0 saturated heterocycles. The predicted molar refractivity (Wildman–Crippen MR) is 58.7 cm³/mol. The van der Waals surface area contributed by atoms with Gasteiger partial charge in [0.15, 0.2) is 5.58 Å². The molecule has 0 radical (unpaired) electrons. The van der Waals surface area contributed by atoms with E-state index in [1.807, 2.05) is 26.0 Å². The molecule has 0 spiro atoms. The quantitative estimate of drug-likeness (QED) is 0.690. The molecule has 2 N–H and O–H groups in total. The minimum atomic E-state index is -0.383. The third-order valence-electron chi connectivity index (χ3n) is 2.37. The van der Waals surface area contributed by atoms with Crippen molar-refractivity contribution in [3.63, 3.8) is 0 Å². The van der Waals surface area contributed by atoms with Crippen molar-refractivity contribution in [3.8, 4) is 0 Å². The first-order valence-corrected chi connectivity index (χ1v) is 5.18. The molecule has 80 valence electrons. The van der Waals surface area contributed by atoms with Crippen molar-refractivity contribution < 1.29 is 4.42 Å². The molecule has 4 nitrogen and oxygen atoms in total. The van der Waals surface area contributed by atoms with Crippen molar-refractivity contribution in [2.45, 2.75) is 26.9 Å². The van der Waals surface area contributed by atoms with Crippen LogP contribution >= 0.6 is 0 Å². The number of hydrogen-bond donors (Lipinski definition) is 2. The Morgan fingerprint density at radius 2 is 1.87 bits per heavy atom. The maximum absolute atomic E-state index is 10.9. The van der Waals surface area contributed by atoms with Gasteiger partial charge in [-0.3, -0.25) is 4.98 Å². The number of rotatable bonds is 0. The molecule has 2 aromatic rings. The molecular formula is C11H14N2O2. The number of nitrogens with one attached hydrogen (secondary N) is 2. The molecule has 0 fully saturated rings. The number of hydrogen-bond acceptors (Lipinski definition) is 3. The number of oxazole rings is 1. The summed E-state index contributed by atoms with van der Waals surface area (Å²) in [7, 11) is 0. The Morgan fingerprint density at radius 1 is 1.20 bits per heavy atom. The van der Waals surface area contributed by atoms with Gasteiger partial charge in [0, 0.05) is 13.1 Å². The molecule has 1 aromatic heterocycles. The highest BCUT2D eigenvalue weighted by Gasteiger charge is 2.12. The van der Waals surface area contributed by atoms with Gasteiger partial charge in [-0.2, -0.15) is 0 Å². The Bertz CT molecular complexity index is 481. The Morgan fingerprint density at radius 3 is 2.60 bits per heavy atom. The van der Waals surface area contributed by atoms with Crippen molar-refractivity contribution in [1.82, 2.24) is 10.3 Å². The van der Waals surface area contributed by atoms with Crippen LogP contribution in [0, 0.1) is 0 Å². The maximum Gasteiger partial charge on any atom is 0.417 e. The summed E-state index contributed by atoms with van der Waals surface area (Å²) in [5.74, 6) is -0.383. The summed E-state index contributed by atoms with van der Waals surface area (Å²) in [4.78, 5) is 13.5. The maximum atomic E-state index is 10.9. The summed E-state index contributed by atoms with van der Waals surface area (Å²) < 4.78 is 4.95. The average molecular weight is 206 g/mol. The smallest absolute Gasteiger partial charge is 0.408 e. The van der Waals surface area contributed by atoms with Gasteiger partial charge in [-0.05, 0) is 23.3 Å². The van der Waals surface area contributed by atoms with Crippen LogP contribution in [0.5, 0.6) is 0 Å². The largest absolute Gasteiger partial charge is 0.417 e. The highest BCUT2D eigenvalue weighted by Crippen LogP contribution is 2.21. The minimum absolute atomic E-state index is 0.383. The average Bonchev–Trinajstić information content (AvgIpc) is 2.81. The molecule has 0 unspecified atom stereocenters. The van der Waals surface area contributed by atoms with Crippen molar-refractivity contribution >= 4 is 11.1 Å². The lowest BCUT2D eigenvalue weighted by atomic mass is 10.1. The van der Waals surface area contributed by atoms with E-state index in [4.69, 9.17) is 4.42 Å². The zero-order valence-corrected chi connectivity index (χ0v) is 8.89. The van der Waals surface area contributed by atoms with Gasteiger partial charge in [-0.15, -0.1) is 0 Å². The van der Waals surface area contributed by atoms with Crippen molar-refractivity contribution in [2.75, 3.05) is 0 Å². The van der Waals surface area contributed by atoms with Crippen LogP contribution in [0.1, 0.15) is 25.0 Å². The fourth-order valence-corrected chi connectivity index (χ4v) is 1.75. The number of aromatic amines is 1. The van der Waals surface area contributed by atoms with Crippen LogP contribution < -0.4 is 11.1 Å². The molecule has 2 heterocycles. The van der Waals surface area contributed by atoms with E-state index in [-0.39, 0.29) is 5.76 Å². The fourth-order valence-electron chi connectivity index (χ4n) is 1.75. The molecule has 1 aliphatic heterocycles. The van der Waals surface area contributed by atoms with Crippen LogP contribution in [-0.4, -0.2) is 4.98 Å². The summed E-state index contributed by atoms with van der Waals surface area (Å²) in [5.41, 5.74) is 3.89. The number of fused-ring (bicyclic) bond motifs is 2. The third-order valence-corrected chi connectivity index (χ3v) is 2.37. The van der Waals surface area contributed by atoms with E-state index < -0.39 is 0 Å². The molecule has 0 bridgehead atoms.